The number of carbonyl (C=O) groups excluding carboxylic acids is 1. The molecule has 0 radical (unpaired) electrons. The highest BCUT2D eigenvalue weighted by molar-refractivity contribution is 9.10. The van der Waals surface area contributed by atoms with Crippen molar-refractivity contribution in [1.82, 2.24) is 9.78 Å². The third-order valence-electron chi connectivity index (χ3n) is 3.31. The SMILES string of the molecule is O=C(Nc1nn(Cc2ccc(F)cc2)cc1Br)c1ccc(F)cc1. The molecule has 1 amide bonds. The highest BCUT2D eigenvalue weighted by Crippen LogP contribution is 2.21. The van der Waals surface area contributed by atoms with E-state index in [1.54, 1.807) is 23.0 Å². The summed E-state index contributed by atoms with van der Waals surface area (Å²) in [6.45, 7) is 0.436. The summed E-state index contributed by atoms with van der Waals surface area (Å²) in [5.74, 6) is -0.738. The molecule has 2 aromatic carbocycles. The lowest BCUT2D eigenvalue weighted by Gasteiger charge is -2.03. The predicted octanol–water partition coefficient (Wildman–Crippen LogP) is 4.22. The number of nitrogens with one attached hydrogen (secondary N) is 1. The summed E-state index contributed by atoms with van der Waals surface area (Å²) >= 11 is 3.34. The van der Waals surface area contributed by atoms with E-state index in [2.05, 4.69) is 26.3 Å². The van der Waals surface area contributed by atoms with Crippen molar-refractivity contribution in [3.05, 3.63) is 82.0 Å². The first-order valence-electron chi connectivity index (χ1n) is 7.05. The third kappa shape index (κ3) is 3.86. The van der Waals surface area contributed by atoms with E-state index >= 15 is 0 Å². The monoisotopic (exact) mass is 391 g/mol. The van der Waals surface area contributed by atoms with Gasteiger partial charge < -0.3 is 5.32 Å². The van der Waals surface area contributed by atoms with E-state index in [1.165, 1.54) is 36.4 Å². The summed E-state index contributed by atoms with van der Waals surface area (Å²) in [5, 5.41) is 6.94. The summed E-state index contributed by atoms with van der Waals surface area (Å²) in [6.07, 6.45) is 1.71. The molecule has 0 aliphatic heterocycles. The van der Waals surface area contributed by atoms with Gasteiger partial charge in [-0.15, -0.1) is 0 Å². The molecule has 3 aromatic rings. The molecular formula is C17H12BrF2N3O. The summed E-state index contributed by atoms with van der Waals surface area (Å²) < 4.78 is 28.1. The Kier molecular flexibility index (Phi) is 4.71. The molecule has 0 saturated heterocycles. The second-order valence-electron chi connectivity index (χ2n) is 5.11. The quantitative estimate of drug-likeness (QED) is 0.723. The van der Waals surface area contributed by atoms with Gasteiger partial charge in [-0.3, -0.25) is 9.48 Å². The van der Waals surface area contributed by atoms with E-state index in [4.69, 9.17) is 0 Å². The van der Waals surface area contributed by atoms with Crippen molar-refractivity contribution in [2.45, 2.75) is 6.54 Å². The molecule has 0 unspecified atom stereocenters. The minimum Gasteiger partial charge on any atom is -0.304 e. The van der Waals surface area contributed by atoms with Crippen molar-refractivity contribution < 1.29 is 13.6 Å². The number of nitrogens with zero attached hydrogens (tertiary/aromatic N) is 2. The fourth-order valence-electron chi connectivity index (χ4n) is 2.12. The van der Waals surface area contributed by atoms with Crippen LogP contribution in [0.5, 0.6) is 0 Å². The summed E-state index contributed by atoms with van der Waals surface area (Å²) in [4.78, 5) is 12.1. The maximum atomic E-state index is 12.9. The van der Waals surface area contributed by atoms with Crippen LogP contribution in [0, 0.1) is 11.6 Å². The first-order valence-corrected chi connectivity index (χ1v) is 7.85. The Bertz CT molecular complexity index is 861. The zero-order chi connectivity index (χ0) is 17.1. The van der Waals surface area contributed by atoms with Crippen molar-refractivity contribution in [3.8, 4) is 0 Å². The largest absolute Gasteiger partial charge is 0.304 e. The van der Waals surface area contributed by atoms with Crippen LogP contribution in [0.3, 0.4) is 0 Å². The molecule has 1 N–H and O–H groups in total. The Morgan fingerprint density at radius 2 is 1.62 bits per heavy atom. The molecule has 122 valence electrons. The molecule has 7 heteroatoms. The molecule has 4 nitrogen and oxygen atoms in total. The highest BCUT2D eigenvalue weighted by Gasteiger charge is 2.12. The molecule has 0 spiro atoms. The van der Waals surface area contributed by atoms with Gasteiger partial charge in [0.05, 0.1) is 11.0 Å². The van der Waals surface area contributed by atoms with E-state index in [-0.39, 0.29) is 11.7 Å². The maximum Gasteiger partial charge on any atom is 0.256 e. The predicted molar refractivity (Wildman–Crippen MR) is 89.8 cm³/mol. The van der Waals surface area contributed by atoms with E-state index in [0.29, 0.717) is 22.4 Å². The van der Waals surface area contributed by atoms with Crippen LogP contribution in [-0.4, -0.2) is 15.7 Å². The molecule has 0 bridgehead atoms. The van der Waals surface area contributed by atoms with E-state index in [1.807, 2.05) is 0 Å². The van der Waals surface area contributed by atoms with Crippen LogP contribution < -0.4 is 5.32 Å². The Labute approximate surface area is 145 Å². The van der Waals surface area contributed by atoms with Crippen molar-refractivity contribution in [1.29, 1.82) is 0 Å². The average molecular weight is 392 g/mol. The molecule has 0 saturated carbocycles. The van der Waals surface area contributed by atoms with Crippen LogP contribution in [0.4, 0.5) is 14.6 Å². The lowest BCUT2D eigenvalue weighted by atomic mass is 10.2. The Morgan fingerprint density at radius 3 is 2.25 bits per heavy atom. The highest BCUT2D eigenvalue weighted by atomic mass is 79.9. The molecule has 0 fully saturated rings. The van der Waals surface area contributed by atoms with Crippen LogP contribution in [-0.2, 0) is 6.54 Å². The second-order valence-corrected chi connectivity index (χ2v) is 5.97. The van der Waals surface area contributed by atoms with Gasteiger partial charge in [0, 0.05) is 11.8 Å². The van der Waals surface area contributed by atoms with Gasteiger partial charge in [-0.25, -0.2) is 8.78 Å². The molecule has 1 aromatic heterocycles. The maximum absolute atomic E-state index is 12.9. The molecule has 24 heavy (non-hydrogen) atoms. The second kappa shape index (κ2) is 6.92. The number of anilines is 1. The van der Waals surface area contributed by atoms with Crippen LogP contribution in [0.1, 0.15) is 15.9 Å². The number of amides is 1. The van der Waals surface area contributed by atoms with Gasteiger partial charge in [0.15, 0.2) is 5.82 Å². The smallest absolute Gasteiger partial charge is 0.256 e. The van der Waals surface area contributed by atoms with Gasteiger partial charge in [-0.05, 0) is 57.9 Å². The lowest BCUT2D eigenvalue weighted by molar-refractivity contribution is 0.102. The Balaban J connectivity index is 1.72. The summed E-state index contributed by atoms with van der Waals surface area (Å²) in [6, 6.07) is 11.3. The van der Waals surface area contributed by atoms with Crippen LogP contribution in [0.2, 0.25) is 0 Å². The zero-order valence-corrected chi connectivity index (χ0v) is 13.9. The standard InChI is InChI=1S/C17H12BrF2N3O/c18-15-10-23(9-11-1-5-13(19)6-2-11)22-16(15)21-17(24)12-3-7-14(20)8-4-12/h1-8,10H,9H2,(H,21,22,24). The molecule has 0 aliphatic rings. The van der Waals surface area contributed by atoms with Gasteiger partial charge in [-0.1, -0.05) is 12.1 Å². The van der Waals surface area contributed by atoms with Crippen molar-refractivity contribution in [2.75, 3.05) is 5.32 Å². The van der Waals surface area contributed by atoms with Crippen LogP contribution >= 0.6 is 15.9 Å². The van der Waals surface area contributed by atoms with Crippen molar-refractivity contribution in [2.24, 2.45) is 0 Å². The fourth-order valence-corrected chi connectivity index (χ4v) is 2.54. The number of benzene rings is 2. The molecule has 3 rings (SSSR count). The van der Waals surface area contributed by atoms with E-state index in [0.717, 1.165) is 5.56 Å². The van der Waals surface area contributed by atoms with E-state index < -0.39 is 5.82 Å². The molecule has 0 aliphatic carbocycles. The van der Waals surface area contributed by atoms with E-state index in [9.17, 15) is 13.6 Å². The molecular weight excluding hydrogens is 380 g/mol. The number of carbonyl (C=O) groups is 1. The van der Waals surface area contributed by atoms with Gasteiger partial charge in [0.2, 0.25) is 0 Å². The number of hydrogen-bond acceptors (Lipinski definition) is 2. The molecule has 0 atom stereocenters. The number of hydrogen-bond donors (Lipinski definition) is 1. The molecule has 1 heterocycles. The van der Waals surface area contributed by atoms with Crippen molar-refractivity contribution in [3.63, 3.8) is 0 Å². The van der Waals surface area contributed by atoms with Gasteiger partial charge in [0.1, 0.15) is 11.6 Å². The van der Waals surface area contributed by atoms with Crippen LogP contribution in [0.15, 0.2) is 59.2 Å². The number of halogens is 3. The Morgan fingerprint density at radius 1 is 1.04 bits per heavy atom. The van der Waals surface area contributed by atoms with Gasteiger partial charge in [-0.2, -0.15) is 5.10 Å². The zero-order valence-electron chi connectivity index (χ0n) is 12.3. The topological polar surface area (TPSA) is 46.9 Å². The van der Waals surface area contributed by atoms with Gasteiger partial charge >= 0.3 is 0 Å². The fraction of sp³-hybridized carbons (Fsp3) is 0.0588. The minimum atomic E-state index is -0.406. The minimum absolute atomic E-state index is 0.298. The normalized spacial score (nSPS) is 10.6. The summed E-state index contributed by atoms with van der Waals surface area (Å²) in [7, 11) is 0. The summed E-state index contributed by atoms with van der Waals surface area (Å²) in [5.41, 5.74) is 1.21. The number of rotatable bonds is 4. The van der Waals surface area contributed by atoms with Crippen molar-refractivity contribution >= 4 is 27.7 Å². The average Bonchev–Trinajstić information content (AvgIpc) is 2.89. The first-order chi connectivity index (χ1) is 11.5. The van der Waals surface area contributed by atoms with Crippen LogP contribution in [0.25, 0.3) is 0 Å². The number of aromatic nitrogens is 2. The van der Waals surface area contributed by atoms with Gasteiger partial charge in [0.25, 0.3) is 5.91 Å². The Hall–Kier alpha value is -2.54. The lowest BCUT2D eigenvalue weighted by Crippen LogP contribution is -2.13. The first kappa shape index (κ1) is 16.3. The third-order valence-corrected chi connectivity index (χ3v) is 3.89.